The van der Waals surface area contributed by atoms with E-state index < -0.39 is 6.09 Å². The van der Waals surface area contributed by atoms with Crippen LogP contribution in [-0.2, 0) is 9.53 Å². The highest BCUT2D eigenvalue weighted by atomic mass is 16.6. The highest BCUT2D eigenvalue weighted by molar-refractivity contribution is 6.21. The van der Waals surface area contributed by atoms with Gasteiger partial charge >= 0.3 is 6.09 Å². The fourth-order valence-corrected chi connectivity index (χ4v) is 2.73. The lowest BCUT2D eigenvalue weighted by atomic mass is 10.1. The molecule has 0 aliphatic carbocycles. The van der Waals surface area contributed by atoms with Crippen LogP contribution < -0.4 is 5.32 Å². The number of cyclic esters (lactones) is 1. The Labute approximate surface area is 138 Å². The molecule has 1 atom stereocenters. The number of ether oxygens (including phenoxy) is 1. The molecule has 0 radical (unpaired) electrons. The average molecular weight is 331 g/mol. The maximum Gasteiger partial charge on any atom is 0.410 e. The van der Waals surface area contributed by atoms with Crippen LogP contribution >= 0.6 is 0 Å². The van der Waals surface area contributed by atoms with Crippen molar-refractivity contribution in [2.75, 3.05) is 26.7 Å². The van der Waals surface area contributed by atoms with Gasteiger partial charge < -0.3 is 15.0 Å². The summed E-state index contributed by atoms with van der Waals surface area (Å²) in [6, 6.07) is 6.58. The van der Waals surface area contributed by atoms with E-state index >= 15 is 0 Å². The van der Waals surface area contributed by atoms with Crippen LogP contribution in [0.5, 0.6) is 0 Å². The lowest BCUT2D eigenvalue weighted by Crippen LogP contribution is -2.37. The molecular formula is C16H17N3O5. The molecule has 4 amide bonds. The lowest BCUT2D eigenvalue weighted by Gasteiger charge is -2.14. The first kappa shape index (κ1) is 16.0. The Morgan fingerprint density at radius 2 is 1.83 bits per heavy atom. The van der Waals surface area contributed by atoms with Gasteiger partial charge in [-0.3, -0.25) is 19.3 Å². The first-order valence-electron chi connectivity index (χ1n) is 7.61. The Bertz CT molecular complexity index is 682. The van der Waals surface area contributed by atoms with Crippen molar-refractivity contribution in [1.82, 2.24) is 15.1 Å². The van der Waals surface area contributed by atoms with Crippen molar-refractivity contribution < 1.29 is 23.9 Å². The number of imide groups is 1. The van der Waals surface area contributed by atoms with Crippen molar-refractivity contribution in [2.45, 2.75) is 12.5 Å². The Balaban J connectivity index is 1.48. The van der Waals surface area contributed by atoms with Gasteiger partial charge in [-0.15, -0.1) is 0 Å². The van der Waals surface area contributed by atoms with E-state index in [9.17, 15) is 19.2 Å². The monoisotopic (exact) mass is 331 g/mol. The van der Waals surface area contributed by atoms with Crippen LogP contribution in [0.15, 0.2) is 24.3 Å². The van der Waals surface area contributed by atoms with Gasteiger partial charge in [0.1, 0.15) is 6.10 Å². The molecule has 3 rings (SSSR count). The van der Waals surface area contributed by atoms with Gasteiger partial charge in [0.05, 0.1) is 24.2 Å². The highest BCUT2D eigenvalue weighted by Crippen LogP contribution is 2.22. The third-order valence-electron chi connectivity index (χ3n) is 4.02. The molecule has 1 aromatic carbocycles. The summed E-state index contributed by atoms with van der Waals surface area (Å²) in [6.07, 6.45) is -0.798. The summed E-state index contributed by atoms with van der Waals surface area (Å²) in [4.78, 5) is 50.0. The van der Waals surface area contributed by atoms with Crippen LogP contribution in [-0.4, -0.2) is 66.4 Å². The number of fused-ring (bicyclic) bond motifs is 1. The minimum atomic E-state index is -0.416. The van der Waals surface area contributed by atoms with Crippen molar-refractivity contribution in [3.05, 3.63) is 35.4 Å². The zero-order valence-electron chi connectivity index (χ0n) is 13.2. The molecule has 1 saturated heterocycles. The van der Waals surface area contributed by atoms with E-state index in [0.717, 1.165) is 4.90 Å². The summed E-state index contributed by atoms with van der Waals surface area (Å²) >= 11 is 0. The molecule has 2 aliphatic rings. The Kier molecular flexibility index (Phi) is 4.20. The minimum absolute atomic E-state index is 0.00196. The third-order valence-corrected chi connectivity index (χ3v) is 4.02. The Morgan fingerprint density at radius 3 is 2.38 bits per heavy atom. The first-order chi connectivity index (χ1) is 11.5. The number of hydrogen-bond donors (Lipinski definition) is 1. The maximum atomic E-state index is 12.2. The highest BCUT2D eigenvalue weighted by Gasteiger charge is 2.35. The van der Waals surface area contributed by atoms with E-state index in [1.54, 1.807) is 31.3 Å². The van der Waals surface area contributed by atoms with Crippen LogP contribution in [0, 0.1) is 0 Å². The number of carbonyl (C=O) groups is 4. The van der Waals surface area contributed by atoms with Gasteiger partial charge in [-0.2, -0.15) is 0 Å². The molecule has 0 aromatic heterocycles. The molecular weight excluding hydrogens is 314 g/mol. The third kappa shape index (κ3) is 2.94. The van der Waals surface area contributed by atoms with E-state index in [-0.39, 0.29) is 43.3 Å². The van der Waals surface area contributed by atoms with Gasteiger partial charge in [0, 0.05) is 20.0 Å². The number of nitrogens with zero attached hydrogens (tertiary/aromatic N) is 2. The van der Waals surface area contributed by atoms with Crippen LogP contribution in [0.25, 0.3) is 0 Å². The number of amides is 4. The molecule has 1 unspecified atom stereocenters. The molecule has 8 heteroatoms. The summed E-state index contributed by atoms with van der Waals surface area (Å²) < 4.78 is 5.03. The molecule has 1 N–H and O–H groups in total. The number of carbonyl (C=O) groups excluding carboxylic acids is 4. The molecule has 24 heavy (non-hydrogen) atoms. The van der Waals surface area contributed by atoms with Crippen molar-refractivity contribution in [3.8, 4) is 0 Å². The van der Waals surface area contributed by atoms with E-state index in [0.29, 0.717) is 17.7 Å². The van der Waals surface area contributed by atoms with E-state index in [1.165, 1.54) is 4.90 Å². The quantitative estimate of drug-likeness (QED) is 0.780. The van der Waals surface area contributed by atoms with Gasteiger partial charge in [-0.05, 0) is 12.1 Å². The summed E-state index contributed by atoms with van der Waals surface area (Å²) in [7, 11) is 1.62. The van der Waals surface area contributed by atoms with Gasteiger partial charge in [-0.1, -0.05) is 12.1 Å². The van der Waals surface area contributed by atoms with Crippen molar-refractivity contribution in [1.29, 1.82) is 0 Å². The number of likely N-dealkylation sites (N-methyl/N-ethyl adjacent to an activating group) is 1. The van der Waals surface area contributed by atoms with Crippen LogP contribution in [0.3, 0.4) is 0 Å². The fraction of sp³-hybridized carbons (Fsp3) is 0.375. The second kappa shape index (κ2) is 6.31. The molecule has 1 fully saturated rings. The molecule has 2 heterocycles. The van der Waals surface area contributed by atoms with Crippen LogP contribution in [0.4, 0.5) is 4.79 Å². The van der Waals surface area contributed by atoms with Gasteiger partial charge in [0.25, 0.3) is 11.8 Å². The number of nitrogens with one attached hydrogen (secondary N) is 1. The number of hydrogen-bond acceptors (Lipinski definition) is 5. The summed E-state index contributed by atoms with van der Waals surface area (Å²) in [6.45, 7) is 0.636. The molecule has 126 valence electrons. The van der Waals surface area contributed by atoms with Crippen LogP contribution in [0.2, 0.25) is 0 Å². The Hall–Kier alpha value is -2.90. The predicted molar refractivity (Wildman–Crippen MR) is 82.3 cm³/mol. The maximum absolute atomic E-state index is 12.2. The normalized spacial score (nSPS) is 19.5. The van der Waals surface area contributed by atoms with Crippen LogP contribution in [0.1, 0.15) is 27.1 Å². The summed E-state index contributed by atoms with van der Waals surface area (Å²) in [5.41, 5.74) is 0.729. The van der Waals surface area contributed by atoms with Gasteiger partial charge in [0.15, 0.2) is 0 Å². The SMILES string of the molecule is CN1CC(CNC(=O)CCN2C(=O)c3ccccc3C2=O)OC1=O. The predicted octanol–water partition coefficient (Wildman–Crippen LogP) is 0.239. The molecule has 0 saturated carbocycles. The molecule has 1 aromatic rings. The zero-order chi connectivity index (χ0) is 17.3. The number of rotatable bonds is 5. The first-order valence-corrected chi connectivity index (χ1v) is 7.61. The molecule has 0 spiro atoms. The second-order valence-electron chi connectivity index (χ2n) is 5.75. The number of benzene rings is 1. The largest absolute Gasteiger partial charge is 0.442 e. The van der Waals surface area contributed by atoms with E-state index in [4.69, 9.17) is 4.74 Å². The summed E-state index contributed by atoms with van der Waals surface area (Å²) in [5.74, 6) is -1.07. The lowest BCUT2D eigenvalue weighted by molar-refractivity contribution is -0.121. The molecule has 0 bridgehead atoms. The molecule has 2 aliphatic heterocycles. The fourth-order valence-electron chi connectivity index (χ4n) is 2.73. The second-order valence-corrected chi connectivity index (χ2v) is 5.75. The van der Waals surface area contributed by atoms with Crippen molar-refractivity contribution in [3.63, 3.8) is 0 Å². The summed E-state index contributed by atoms with van der Waals surface area (Å²) in [5, 5.41) is 2.65. The van der Waals surface area contributed by atoms with Crippen molar-refractivity contribution >= 4 is 23.8 Å². The standard InChI is InChI=1S/C16H17N3O5/c1-18-9-10(24-16(18)23)8-17-13(20)6-7-19-14(21)11-4-2-3-5-12(11)15(19)22/h2-5,10H,6-9H2,1H3,(H,17,20). The van der Waals surface area contributed by atoms with Crippen molar-refractivity contribution in [2.24, 2.45) is 0 Å². The van der Waals surface area contributed by atoms with E-state index in [1.807, 2.05) is 0 Å². The molecule has 8 nitrogen and oxygen atoms in total. The van der Waals surface area contributed by atoms with Gasteiger partial charge in [-0.25, -0.2) is 4.79 Å². The zero-order valence-corrected chi connectivity index (χ0v) is 13.2. The topological polar surface area (TPSA) is 96.0 Å². The van der Waals surface area contributed by atoms with E-state index in [2.05, 4.69) is 5.32 Å². The minimum Gasteiger partial charge on any atom is -0.442 e. The smallest absolute Gasteiger partial charge is 0.410 e. The average Bonchev–Trinajstić information content (AvgIpc) is 3.02. The Morgan fingerprint density at radius 1 is 1.21 bits per heavy atom. The van der Waals surface area contributed by atoms with Gasteiger partial charge in [0.2, 0.25) is 5.91 Å².